The molecule has 6 nitrogen and oxygen atoms in total. The Hall–Kier alpha value is -1.92. The van der Waals surface area contributed by atoms with Gasteiger partial charge >= 0.3 is 0 Å². The van der Waals surface area contributed by atoms with E-state index in [9.17, 15) is 4.79 Å². The number of rotatable bonds is 7. The predicted octanol–water partition coefficient (Wildman–Crippen LogP) is 2.72. The standard InChI is InChI=1S/C19H27N5O.ClH/c1-2-12-23(13-8-16-6-3-4-11-21-16)19(25)18-9-14-24(22-18)17-7-5-10-20-15-17;/h3-4,6,9,11,14,17,20H,2,5,7-8,10,12-13,15H2,1H3;1H. The van der Waals surface area contributed by atoms with E-state index in [0.29, 0.717) is 18.3 Å². The molecule has 1 N–H and O–H groups in total. The van der Waals surface area contributed by atoms with Gasteiger partial charge in [0.15, 0.2) is 0 Å². The molecule has 0 saturated carbocycles. The van der Waals surface area contributed by atoms with E-state index in [1.165, 1.54) is 0 Å². The average Bonchev–Trinajstić information content (AvgIpc) is 3.16. The van der Waals surface area contributed by atoms with Crippen LogP contribution in [-0.2, 0) is 6.42 Å². The molecule has 0 radical (unpaired) electrons. The van der Waals surface area contributed by atoms with Crippen molar-refractivity contribution in [2.75, 3.05) is 26.2 Å². The monoisotopic (exact) mass is 377 g/mol. The smallest absolute Gasteiger partial charge is 0.274 e. The van der Waals surface area contributed by atoms with E-state index in [1.54, 1.807) is 6.20 Å². The van der Waals surface area contributed by atoms with Crippen molar-refractivity contribution in [3.63, 3.8) is 0 Å². The third-order valence-corrected chi connectivity index (χ3v) is 4.62. The fraction of sp³-hybridized carbons (Fsp3) is 0.526. The summed E-state index contributed by atoms with van der Waals surface area (Å²) >= 11 is 0. The Morgan fingerprint density at radius 3 is 2.92 bits per heavy atom. The fourth-order valence-corrected chi connectivity index (χ4v) is 3.26. The van der Waals surface area contributed by atoms with Crippen LogP contribution < -0.4 is 5.32 Å². The van der Waals surface area contributed by atoms with E-state index >= 15 is 0 Å². The highest BCUT2D eigenvalue weighted by Crippen LogP contribution is 2.16. The van der Waals surface area contributed by atoms with Crippen molar-refractivity contribution in [2.45, 2.75) is 38.6 Å². The first-order valence-electron chi connectivity index (χ1n) is 9.23. The van der Waals surface area contributed by atoms with Crippen LogP contribution >= 0.6 is 12.4 Å². The Bertz CT molecular complexity index is 670. The third kappa shape index (κ3) is 5.29. The zero-order chi connectivity index (χ0) is 17.5. The largest absolute Gasteiger partial charge is 0.337 e. The van der Waals surface area contributed by atoms with Gasteiger partial charge in [-0.1, -0.05) is 13.0 Å². The van der Waals surface area contributed by atoms with Gasteiger partial charge in [0.1, 0.15) is 5.69 Å². The van der Waals surface area contributed by atoms with Crippen LogP contribution in [0, 0.1) is 0 Å². The maximum Gasteiger partial charge on any atom is 0.274 e. The minimum absolute atomic E-state index is 0. The number of pyridine rings is 1. The Kier molecular flexibility index (Phi) is 8.06. The summed E-state index contributed by atoms with van der Waals surface area (Å²) < 4.78 is 1.95. The summed E-state index contributed by atoms with van der Waals surface area (Å²) in [6, 6.07) is 8.09. The quantitative estimate of drug-likeness (QED) is 0.805. The van der Waals surface area contributed by atoms with E-state index in [0.717, 1.165) is 51.0 Å². The van der Waals surface area contributed by atoms with Crippen molar-refractivity contribution in [1.29, 1.82) is 0 Å². The molecule has 3 heterocycles. The molecule has 0 aliphatic carbocycles. The fourth-order valence-electron chi connectivity index (χ4n) is 3.26. The van der Waals surface area contributed by atoms with Crippen LogP contribution in [0.5, 0.6) is 0 Å². The molecule has 1 fully saturated rings. The average molecular weight is 378 g/mol. The Morgan fingerprint density at radius 1 is 1.35 bits per heavy atom. The summed E-state index contributed by atoms with van der Waals surface area (Å²) in [5, 5.41) is 7.95. The molecule has 1 saturated heterocycles. The van der Waals surface area contributed by atoms with Gasteiger partial charge in [0.05, 0.1) is 6.04 Å². The van der Waals surface area contributed by atoms with E-state index in [-0.39, 0.29) is 18.3 Å². The van der Waals surface area contributed by atoms with Gasteiger partial charge in [-0.3, -0.25) is 14.5 Å². The minimum atomic E-state index is 0. The number of hydrogen-bond donors (Lipinski definition) is 1. The van der Waals surface area contributed by atoms with Crippen molar-refractivity contribution in [3.8, 4) is 0 Å². The number of nitrogens with one attached hydrogen (secondary N) is 1. The number of amides is 1. The Labute approximate surface area is 161 Å². The molecule has 142 valence electrons. The summed E-state index contributed by atoms with van der Waals surface area (Å²) in [5.74, 6) is 0.0142. The summed E-state index contributed by atoms with van der Waals surface area (Å²) in [5.41, 5.74) is 1.55. The van der Waals surface area contributed by atoms with Gasteiger partial charge in [0.25, 0.3) is 5.91 Å². The second kappa shape index (κ2) is 10.3. The van der Waals surface area contributed by atoms with Crippen LogP contribution in [0.25, 0.3) is 0 Å². The molecule has 1 atom stereocenters. The molecular formula is C19H28ClN5O. The lowest BCUT2D eigenvalue weighted by Gasteiger charge is -2.23. The van der Waals surface area contributed by atoms with Gasteiger partial charge in [0, 0.05) is 44.1 Å². The van der Waals surface area contributed by atoms with E-state index < -0.39 is 0 Å². The lowest BCUT2D eigenvalue weighted by molar-refractivity contribution is 0.0749. The first kappa shape index (κ1) is 20.4. The molecule has 2 aromatic heterocycles. The number of aromatic nitrogens is 3. The van der Waals surface area contributed by atoms with Crippen molar-refractivity contribution in [2.24, 2.45) is 0 Å². The van der Waals surface area contributed by atoms with Crippen LogP contribution in [0.15, 0.2) is 36.7 Å². The summed E-state index contributed by atoms with van der Waals surface area (Å²) in [6.45, 7) is 5.49. The van der Waals surface area contributed by atoms with E-state index in [2.05, 4.69) is 22.3 Å². The molecule has 7 heteroatoms. The summed E-state index contributed by atoms with van der Waals surface area (Å²) in [6.07, 6.45) is 7.69. The predicted molar refractivity (Wildman–Crippen MR) is 105 cm³/mol. The second-order valence-corrected chi connectivity index (χ2v) is 6.54. The number of nitrogens with zero attached hydrogens (tertiary/aromatic N) is 4. The lowest BCUT2D eigenvalue weighted by Crippen LogP contribution is -2.35. The maximum atomic E-state index is 12.9. The Morgan fingerprint density at radius 2 is 2.23 bits per heavy atom. The molecule has 1 aliphatic heterocycles. The summed E-state index contributed by atoms with van der Waals surface area (Å²) in [7, 11) is 0. The highest BCUT2D eigenvalue weighted by molar-refractivity contribution is 5.92. The van der Waals surface area contributed by atoms with Crippen LogP contribution in [0.1, 0.15) is 48.4 Å². The molecule has 1 amide bonds. The normalized spacial score (nSPS) is 16.7. The van der Waals surface area contributed by atoms with Crippen LogP contribution in [0.2, 0.25) is 0 Å². The van der Waals surface area contributed by atoms with Gasteiger partial charge in [-0.05, 0) is 44.0 Å². The Balaban J connectivity index is 0.00000243. The van der Waals surface area contributed by atoms with Crippen LogP contribution in [0.4, 0.5) is 0 Å². The molecule has 1 aliphatic rings. The molecule has 3 rings (SSSR count). The first-order chi connectivity index (χ1) is 12.3. The molecule has 0 spiro atoms. The SMILES string of the molecule is CCCN(CCc1ccccn1)C(=O)c1ccn(C2CCCNC2)n1.Cl. The number of carbonyl (C=O) groups is 1. The van der Waals surface area contributed by atoms with Gasteiger partial charge in [-0.15, -0.1) is 12.4 Å². The zero-order valence-corrected chi connectivity index (χ0v) is 16.1. The van der Waals surface area contributed by atoms with Gasteiger partial charge in [0.2, 0.25) is 0 Å². The number of carbonyl (C=O) groups excluding carboxylic acids is 1. The van der Waals surface area contributed by atoms with Crippen molar-refractivity contribution in [1.82, 2.24) is 25.0 Å². The lowest BCUT2D eigenvalue weighted by atomic mass is 10.1. The third-order valence-electron chi connectivity index (χ3n) is 4.62. The van der Waals surface area contributed by atoms with Crippen LogP contribution in [0.3, 0.4) is 0 Å². The van der Waals surface area contributed by atoms with Gasteiger partial charge in [-0.25, -0.2) is 0 Å². The van der Waals surface area contributed by atoms with E-state index in [4.69, 9.17) is 0 Å². The van der Waals surface area contributed by atoms with Gasteiger partial charge in [-0.2, -0.15) is 5.10 Å². The molecule has 26 heavy (non-hydrogen) atoms. The molecule has 2 aromatic rings. The number of halogens is 1. The first-order valence-corrected chi connectivity index (χ1v) is 9.23. The van der Waals surface area contributed by atoms with Crippen molar-refractivity contribution in [3.05, 3.63) is 48.0 Å². The van der Waals surface area contributed by atoms with Crippen LogP contribution in [-0.4, -0.2) is 51.8 Å². The van der Waals surface area contributed by atoms with Gasteiger partial charge < -0.3 is 10.2 Å². The topological polar surface area (TPSA) is 63.1 Å². The molecular weight excluding hydrogens is 350 g/mol. The molecule has 0 bridgehead atoms. The second-order valence-electron chi connectivity index (χ2n) is 6.54. The minimum Gasteiger partial charge on any atom is -0.337 e. The summed E-state index contributed by atoms with van der Waals surface area (Å²) in [4.78, 5) is 19.1. The number of piperidine rings is 1. The highest BCUT2D eigenvalue weighted by atomic mass is 35.5. The molecule has 1 unspecified atom stereocenters. The van der Waals surface area contributed by atoms with Crippen molar-refractivity contribution >= 4 is 18.3 Å². The van der Waals surface area contributed by atoms with E-state index in [1.807, 2.05) is 40.0 Å². The highest BCUT2D eigenvalue weighted by Gasteiger charge is 2.21. The number of hydrogen-bond acceptors (Lipinski definition) is 4. The zero-order valence-electron chi connectivity index (χ0n) is 15.3. The molecule has 0 aromatic carbocycles. The maximum absolute atomic E-state index is 12.9. The van der Waals surface area contributed by atoms with Crippen molar-refractivity contribution < 1.29 is 4.79 Å².